The van der Waals surface area contributed by atoms with Crippen LogP contribution in [0.25, 0.3) is 10.2 Å². The molecule has 0 spiro atoms. The highest BCUT2D eigenvalue weighted by atomic mass is 32.1. The maximum atomic E-state index is 13.8. The first-order valence-electron chi connectivity index (χ1n) is 12.3. The summed E-state index contributed by atoms with van der Waals surface area (Å²) in [5.74, 6) is -0.0404. The van der Waals surface area contributed by atoms with E-state index in [-0.39, 0.29) is 17.9 Å². The van der Waals surface area contributed by atoms with E-state index in [2.05, 4.69) is 33.5 Å². The minimum atomic E-state index is -0.902. The van der Waals surface area contributed by atoms with Crippen LogP contribution in [0.2, 0.25) is 0 Å². The van der Waals surface area contributed by atoms with Crippen LogP contribution in [0, 0.1) is 0 Å². The van der Waals surface area contributed by atoms with Gasteiger partial charge in [0.2, 0.25) is 5.91 Å². The van der Waals surface area contributed by atoms with E-state index in [1.807, 2.05) is 36.1 Å². The molecule has 5 nitrogen and oxygen atoms in total. The van der Waals surface area contributed by atoms with Crippen LogP contribution in [0.3, 0.4) is 0 Å². The van der Waals surface area contributed by atoms with E-state index in [9.17, 15) is 9.59 Å². The summed E-state index contributed by atoms with van der Waals surface area (Å²) in [4.78, 5) is 29.4. The molecule has 2 amide bonds. The number of benzene rings is 1. The number of rotatable bonds is 6. The Morgan fingerprint density at radius 3 is 2.64 bits per heavy atom. The molecule has 5 rings (SSSR count). The third-order valence-electron chi connectivity index (χ3n) is 7.42. The summed E-state index contributed by atoms with van der Waals surface area (Å²) in [5.41, 5.74) is 2.12. The molecule has 0 radical (unpaired) electrons. The first kappa shape index (κ1) is 22.2. The molecule has 1 aliphatic heterocycles. The highest BCUT2D eigenvalue weighted by molar-refractivity contribution is 7.17. The SMILES string of the molecule is C[C@]1(C(=O)NC2CCCCCC2)Cn2c(cc3sccc32)C(=O)N1CCCc1ccccc1. The van der Waals surface area contributed by atoms with E-state index in [0.29, 0.717) is 18.8 Å². The number of aromatic nitrogens is 1. The van der Waals surface area contributed by atoms with Gasteiger partial charge in [-0.1, -0.05) is 56.0 Å². The molecular weight excluding hydrogens is 430 g/mol. The first-order chi connectivity index (χ1) is 16.1. The van der Waals surface area contributed by atoms with E-state index in [0.717, 1.165) is 35.9 Å². The van der Waals surface area contributed by atoms with Crippen LogP contribution in [-0.4, -0.2) is 39.4 Å². The fraction of sp³-hybridized carbons (Fsp3) is 0.481. The summed E-state index contributed by atoms with van der Waals surface area (Å²) >= 11 is 1.65. The lowest BCUT2D eigenvalue weighted by Crippen LogP contribution is -2.65. The van der Waals surface area contributed by atoms with Crippen LogP contribution in [0.1, 0.15) is 67.9 Å². The number of hydrogen-bond acceptors (Lipinski definition) is 3. The molecular formula is C27H33N3O2S. The second-order valence-electron chi connectivity index (χ2n) is 9.77. The molecule has 174 valence electrons. The quantitative estimate of drug-likeness (QED) is 0.499. The molecule has 1 saturated carbocycles. The number of nitrogens with zero attached hydrogens (tertiary/aromatic N) is 2. The van der Waals surface area contributed by atoms with Gasteiger partial charge in [0.15, 0.2) is 0 Å². The average molecular weight is 464 g/mol. The Hall–Kier alpha value is -2.60. The Balaban J connectivity index is 1.41. The predicted octanol–water partition coefficient (Wildman–Crippen LogP) is 5.39. The van der Waals surface area contributed by atoms with Gasteiger partial charge in [-0.3, -0.25) is 9.59 Å². The second kappa shape index (κ2) is 9.34. The highest BCUT2D eigenvalue weighted by Gasteiger charge is 2.47. The molecule has 3 aromatic rings. The summed E-state index contributed by atoms with van der Waals surface area (Å²) < 4.78 is 3.17. The topological polar surface area (TPSA) is 54.3 Å². The predicted molar refractivity (Wildman–Crippen MR) is 134 cm³/mol. The number of aryl methyl sites for hydroxylation is 1. The minimum Gasteiger partial charge on any atom is -0.351 e. The molecule has 1 atom stereocenters. The molecule has 6 heteroatoms. The van der Waals surface area contributed by atoms with Crippen LogP contribution < -0.4 is 5.32 Å². The van der Waals surface area contributed by atoms with Crippen LogP contribution in [0.15, 0.2) is 47.8 Å². The van der Waals surface area contributed by atoms with Crippen molar-refractivity contribution in [3.8, 4) is 0 Å². The van der Waals surface area contributed by atoms with Gasteiger partial charge in [-0.15, -0.1) is 11.3 Å². The Morgan fingerprint density at radius 1 is 1.12 bits per heavy atom. The number of thiophene rings is 1. The Morgan fingerprint density at radius 2 is 1.88 bits per heavy atom. The monoisotopic (exact) mass is 463 g/mol. The smallest absolute Gasteiger partial charge is 0.271 e. The molecule has 1 aromatic carbocycles. The number of carbonyl (C=O) groups is 2. The Labute approximate surface area is 199 Å². The fourth-order valence-corrected chi connectivity index (χ4v) is 6.30. The molecule has 2 aliphatic rings. The van der Waals surface area contributed by atoms with Crippen LogP contribution in [0.5, 0.6) is 0 Å². The summed E-state index contributed by atoms with van der Waals surface area (Å²) in [6, 6.07) is 14.6. The van der Waals surface area contributed by atoms with Gasteiger partial charge >= 0.3 is 0 Å². The molecule has 2 aromatic heterocycles. The zero-order chi connectivity index (χ0) is 22.8. The van der Waals surface area contributed by atoms with Gasteiger partial charge < -0.3 is 14.8 Å². The summed E-state index contributed by atoms with van der Waals surface area (Å²) in [6.45, 7) is 3.03. The van der Waals surface area contributed by atoms with E-state index in [1.165, 1.54) is 31.2 Å². The van der Waals surface area contributed by atoms with Gasteiger partial charge in [-0.05, 0) is 55.7 Å². The van der Waals surface area contributed by atoms with E-state index in [1.54, 1.807) is 11.3 Å². The van der Waals surface area contributed by atoms with Crippen molar-refractivity contribution in [3.05, 3.63) is 59.1 Å². The lowest BCUT2D eigenvalue weighted by molar-refractivity contribution is -0.133. The number of nitrogens with one attached hydrogen (secondary N) is 1. The van der Waals surface area contributed by atoms with Gasteiger partial charge in [0, 0.05) is 12.6 Å². The van der Waals surface area contributed by atoms with Crippen molar-refractivity contribution in [1.29, 1.82) is 0 Å². The molecule has 1 N–H and O–H groups in total. The molecule has 0 saturated heterocycles. The van der Waals surface area contributed by atoms with Gasteiger partial charge in [-0.2, -0.15) is 0 Å². The number of fused-ring (bicyclic) bond motifs is 3. The molecule has 33 heavy (non-hydrogen) atoms. The normalized spacial score (nSPS) is 21.7. The van der Waals surface area contributed by atoms with Crippen LogP contribution in [-0.2, 0) is 17.8 Å². The molecule has 1 aliphatic carbocycles. The number of amides is 2. The first-order valence-corrected chi connectivity index (χ1v) is 13.2. The van der Waals surface area contributed by atoms with Crippen molar-refractivity contribution in [3.63, 3.8) is 0 Å². The van der Waals surface area contributed by atoms with Gasteiger partial charge in [0.05, 0.1) is 16.8 Å². The van der Waals surface area contributed by atoms with Gasteiger partial charge in [-0.25, -0.2) is 0 Å². The van der Waals surface area contributed by atoms with Gasteiger partial charge in [0.1, 0.15) is 11.2 Å². The average Bonchev–Trinajstić information content (AvgIpc) is 3.31. The zero-order valence-corrected chi connectivity index (χ0v) is 20.2. The van der Waals surface area contributed by atoms with Crippen LogP contribution in [0.4, 0.5) is 0 Å². The van der Waals surface area contributed by atoms with Crippen molar-refractivity contribution in [2.75, 3.05) is 6.54 Å². The molecule has 0 bridgehead atoms. The zero-order valence-electron chi connectivity index (χ0n) is 19.4. The maximum absolute atomic E-state index is 13.8. The van der Waals surface area contributed by atoms with Crippen LogP contribution >= 0.6 is 11.3 Å². The number of hydrogen-bond donors (Lipinski definition) is 1. The Kier molecular flexibility index (Phi) is 6.28. The third-order valence-corrected chi connectivity index (χ3v) is 8.27. The second-order valence-corrected chi connectivity index (χ2v) is 10.7. The molecule has 3 heterocycles. The fourth-order valence-electron chi connectivity index (χ4n) is 5.47. The van der Waals surface area contributed by atoms with Gasteiger partial charge in [0.25, 0.3) is 5.91 Å². The van der Waals surface area contributed by atoms with Crippen molar-refractivity contribution in [1.82, 2.24) is 14.8 Å². The van der Waals surface area contributed by atoms with Crippen molar-refractivity contribution < 1.29 is 9.59 Å². The van der Waals surface area contributed by atoms with Crippen molar-refractivity contribution >= 4 is 33.4 Å². The lowest BCUT2D eigenvalue weighted by atomic mass is 9.93. The standard InChI is InChI=1S/C27H33N3O2S/c1-27(26(32)28-21-13-7-2-3-8-14-21)19-29-22-15-17-33-24(22)18-23(29)25(31)30(27)16-9-12-20-10-5-4-6-11-20/h4-6,10-11,15,17-18,21H,2-3,7-9,12-14,16,19H2,1H3,(H,28,32)/t27-/m1/s1. The maximum Gasteiger partial charge on any atom is 0.271 e. The molecule has 0 unspecified atom stereocenters. The number of carbonyl (C=O) groups excluding carboxylic acids is 2. The van der Waals surface area contributed by atoms with E-state index >= 15 is 0 Å². The van der Waals surface area contributed by atoms with Crippen molar-refractivity contribution in [2.24, 2.45) is 0 Å². The summed E-state index contributed by atoms with van der Waals surface area (Å²) in [5, 5.41) is 5.40. The van der Waals surface area contributed by atoms with Crippen molar-refractivity contribution in [2.45, 2.75) is 76.4 Å². The van der Waals surface area contributed by atoms with E-state index in [4.69, 9.17) is 0 Å². The van der Waals surface area contributed by atoms with E-state index < -0.39 is 5.54 Å². The third kappa shape index (κ3) is 4.33. The molecule has 1 fully saturated rings. The lowest BCUT2D eigenvalue weighted by Gasteiger charge is -2.44. The highest BCUT2D eigenvalue weighted by Crippen LogP contribution is 2.35. The summed E-state index contributed by atoms with van der Waals surface area (Å²) in [7, 11) is 0. The summed E-state index contributed by atoms with van der Waals surface area (Å²) in [6.07, 6.45) is 8.61. The Bertz CT molecular complexity index is 1130. The minimum absolute atomic E-state index is 0.00908. The largest absolute Gasteiger partial charge is 0.351 e.